The van der Waals surface area contributed by atoms with Gasteiger partial charge in [0.05, 0.1) is 14.2 Å². The lowest BCUT2D eigenvalue weighted by Gasteiger charge is -2.20. The topological polar surface area (TPSA) is 119 Å². The number of ether oxygens (including phenoxy) is 2. The highest BCUT2D eigenvalue weighted by atomic mass is 16.5. The number of nitrogens with zero attached hydrogens (tertiary/aromatic N) is 3. The van der Waals surface area contributed by atoms with Gasteiger partial charge in [-0.2, -0.15) is 5.21 Å². The van der Waals surface area contributed by atoms with Crippen molar-refractivity contribution in [3.05, 3.63) is 22.7 Å². The van der Waals surface area contributed by atoms with Crippen LogP contribution in [0.2, 0.25) is 0 Å². The molecule has 0 aliphatic heterocycles. The number of H-pyrrole nitrogens is 1. The van der Waals surface area contributed by atoms with Crippen LogP contribution in [0.15, 0.2) is 22.7 Å². The van der Waals surface area contributed by atoms with E-state index in [2.05, 4.69) is 25.9 Å². The van der Waals surface area contributed by atoms with Crippen molar-refractivity contribution in [1.82, 2.24) is 20.6 Å². The van der Waals surface area contributed by atoms with Crippen LogP contribution in [0.3, 0.4) is 0 Å². The zero-order valence-electron chi connectivity index (χ0n) is 17.5. The molecule has 1 aromatic rings. The van der Waals surface area contributed by atoms with Crippen LogP contribution in [0.1, 0.15) is 64.7 Å². The van der Waals surface area contributed by atoms with E-state index in [1.807, 2.05) is 0 Å². The number of methoxy groups -OCH3 is 2. The number of ketones is 2. The van der Waals surface area contributed by atoms with Crippen molar-refractivity contribution in [2.24, 2.45) is 0 Å². The van der Waals surface area contributed by atoms with Gasteiger partial charge in [-0.05, 0) is 31.4 Å². The second-order valence-corrected chi connectivity index (χ2v) is 7.07. The largest absolute Gasteiger partial charge is 0.489 e. The van der Waals surface area contributed by atoms with Crippen LogP contribution in [0.5, 0.6) is 0 Å². The van der Waals surface area contributed by atoms with Crippen molar-refractivity contribution < 1.29 is 19.1 Å². The van der Waals surface area contributed by atoms with E-state index in [0.717, 1.165) is 32.2 Å². The number of aromatic nitrogens is 4. The molecule has 9 heteroatoms. The summed E-state index contributed by atoms with van der Waals surface area (Å²) in [6.45, 7) is 2.54. The molecule has 0 aromatic carbocycles. The molecule has 0 fully saturated rings. The first-order valence-corrected chi connectivity index (χ1v) is 10.2. The van der Waals surface area contributed by atoms with Gasteiger partial charge >= 0.3 is 0 Å². The van der Waals surface area contributed by atoms with Crippen LogP contribution in [-0.2, 0) is 19.1 Å². The van der Waals surface area contributed by atoms with Gasteiger partial charge < -0.3 is 14.8 Å². The maximum Gasteiger partial charge on any atom is 0.263 e. The van der Waals surface area contributed by atoms with Crippen molar-refractivity contribution in [1.29, 1.82) is 0 Å². The minimum absolute atomic E-state index is 0.00578. The number of tetrazole rings is 1. The Morgan fingerprint density at radius 1 is 0.862 bits per heavy atom. The number of anilines is 1. The van der Waals surface area contributed by atoms with Crippen LogP contribution in [0, 0.1) is 0 Å². The lowest BCUT2D eigenvalue weighted by molar-refractivity contribution is -0.121. The second-order valence-electron chi connectivity index (χ2n) is 7.07. The molecule has 0 spiro atoms. The molecule has 1 aromatic heterocycles. The quantitative estimate of drug-likeness (QED) is 0.358. The third-order valence-corrected chi connectivity index (χ3v) is 5.08. The van der Waals surface area contributed by atoms with E-state index in [1.165, 1.54) is 39.9 Å². The maximum atomic E-state index is 12.6. The summed E-state index contributed by atoms with van der Waals surface area (Å²) in [5.74, 6) is 0.0851. The molecular formula is C20H31N5O4. The molecule has 0 radical (unpaired) electrons. The Balaban J connectivity index is 1.56. The lowest BCUT2D eigenvalue weighted by Crippen LogP contribution is -2.25. The SMILES string of the molecule is COC1=C(OC)C(=O)C(CCCCCCCCCCNc2nn[nH]n2)=C(C)C1=O. The molecule has 0 saturated heterocycles. The molecule has 0 bridgehead atoms. The Bertz CT molecular complexity index is 740. The minimum Gasteiger partial charge on any atom is -0.489 e. The maximum absolute atomic E-state index is 12.6. The Morgan fingerprint density at radius 3 is 2.03 bits per heavy atom. The number of unbranched alkanes of at least 4 members (excludes halogenated alkanes) is 7. The fraction of sp³-hybridized carbons (Fsp3) is 0.650. The number of nitrogens with one attached hydrogen (secondary N) is 2. The summed E-state index contributed by atoms with van der Waals surface area (Å²) in [6.07, 6.45) is 9.50. The Labute approximate surface area is 171 Å². The highest BCUT2D eigenvalue weighted by Crippen LogP contribution is 2.28. The van der Waals surface area contributed by atoms with Gasteiger partial charge in [-0.15, -0.1) is 5.10 Å². The second kappa shape index (κ2) is 12.0. The Morgan fingerprint density at radius 2 is 1.45 bits per heavy atom. The molecule has 1 aliphatic rings. The monoisotopic (exact) mass is 405 g/mol. The molecule has 2 rings (SSSR count). The molecule has 0 saturated carbocycles. The van der Waals surface area contributed by atoms with Gasteiger partial charge in [0.25, 0.3) is 5.95 Å². The third-order valence-electron chi connectivity index (χ3n) is 5.08. The molecule has 0 amide bonds. The number of aromatic amines is 1. The molecule has 1 heterocycles. The summed E-state index contributed by atoms with van der Waals surface area (Å²) in [7, 11) is 2.77. The number of Topliss-reactive ketones (excluding diaryl/α,β-unsaturated/α-hetero) is 2. The predicted octanol–water partition coefficient (Wildman–Crippen LogP) is 3.10. The molecule has 1 aliphatic carbocycles. The van der Waals surface area contributed by atoms with Gasteiger partial charge in [0, 0.05) is 17.7 Å². The molecule has 9 nitrogen and oxygen atoms in total. The van der Waals surface area contributed by atoms with E-state index in [1.54, 1.807) is 6.92 Å². The van der Waals surface area contributed by atoms with Crippen LogP contribution in [-0.4, -0.2) is 53.0 Å². The number of hydrogen-bond acceptors (Lipinski definition) is 8. The van der Waals surface area contributed by atoms with E-state index < -0.39 is 0 Å². The summed E-state index contributed by atoms with van der Waals surface area (Å²) >= 11 is 0. The molecule has 2 N–H and O–H groups in total. The van der Waals surface area contributed by atoms with Gasteiger partial charge in [0.2, 0.25) is 23.1 Å². The summed E-state index contributed by atoms with van der Waals surface area (Å²) in [5.41, 5.74) is 1.03. The van der Waals surface area contributed by atoms with E-state index in [4.69, 9.17) is 9.47 Å². The molecular weight excluding hydrogens is 374 g/mol. The third kappa shape index (κ3) is 6.40. The highest BCUT2D eigenvalue weighted by Gasteiger charge is 2.34. The van der Waals surface area contributed by atoms with Crippen LogP contribution >= 0.6 is 0 Å². The predicted molar refractivity (Wildman–Crippen MR) is 108 cm³/mol. The van der Waals surface area contributed by atoms with Gasteiger partial charge in [-0.25, -0.2) is 0 Å². The molecule has 29 heavy (non-hydrogen) atoms. The van der Waals surface area contributed by atoms with E-state index >= 15 is 0 Å². The Hall–Kier alpha value is -2.71. The highest BCUT2D eigenvalue weighted by molar-refractivity contribution is 6.23. The zero-order chi connectivity index (χ0) is 21.1. The van der Waals surface area contributed by atoms with Gasteiger partial charge in [-0.1, -0.05) is 43.6 Å². The standard InChI is InChI=1S/C20H31N5O4/c1-14-15(17(27)19(29-3)18(28-2)16(14)26)12-10-8-6-4-5-7-9-11-13-21-20-22-24-25-23-20/h4-13H2,1-3H3,(H2,21,22,23,24,25). The van der Waals surface area contributed by atoms with Crippen LogP contribution < -0.4 is 5.32 Å². The minimum atomic E-state index is -0.257. The van der Waals surface area contributed by atoms with Gasteiger partial charge in [-0.3, -0.25) is 9.59 Å². The zero-order valence-corrected chi connectivity index (χ0v) is 17.5. The van der Waals surface area contributed by atoms with Crippen molar-refractivity contribution in [3.8, 4) is 0 Å². The van der Waals surface area contributed by atoms with Crippen LogP contribution in [0.25, 0.3) is 0 Å². The first-order chi connectivity index (χ1) is 14.1. The van der Waals surface area contributed by atoms with E-state index in [-0.39, 0.29) is 23.1 Å². The molecule has 0 unspecified atom stereocenters. The first kappa shape index (κ1) is 22.6. The van der Waals surface area contributed by atoms with E-state index in [9.17, 15) is 9.59 Å². The summed E-state index contributed by atoms with van der Waals surface area (Å²) in [4.78, 5) is 24.9. The van der Waals surface area contributed by atoms with Gasteiger partial charge in [0.1, 0.15) is 0 Å². The van der Waals surface area contributed by atoms with Crippen molar-refractivity contribution >= 4 is 17.5 Å². The first-order valence-electron chi connectivity index (χ1n) is 10.2. The average Bonchev–Trinajstić information content (AvgIpc) is 3.24. The van der Waals surface area contributed by atoms with Crippen molar-refractivity contribution in [2.45, 2.75) is 64.7 Å². The lowest BCUT2D eigenvalue weighted by atomic mass is 9.89. The molecule has 0 atom stereocenters. The fourth-order valence-electron chi connectivity index (χ4n) is 3.42. The number of hydrogen-bond donors (Lipinski definition) is 2. The van der Waals surface area contributed by atoms with Crippen LogP contribution in [0.4, 0.5) is 5.95 Å². The number of rotatable bonds is 14. The van der Waals surface area contributed by atoms with Gasteiger partial charge in [0.15, 0.2) is 0 Å². The van der Waals surface area contributed by atoms with Crippen molar-refractivity contribution in [3.63, 3.8) is 0 Å². The fourth-order valence-corrected chi connectivity index (χ4v) is 3.42. The molecule has 160 valence electrons. The van der Waals surface area contributed by atoms with E-state index in [0.29, 0.717) is 23.5 Å². The summed E-state index contributed by atoms with van der Waals surface area (Å²) < 4.78 is 10.2. The Kier molecular flexibility index (Phi) is 9.33. The van der Waals surface area contributed by atoms with Crippen molar-refractivity contribution in [2.75, 3.05) is 26.1 Å². The summed E-state index contributed by atoms with van der Waals surface area (Å²) in [6, 6.07) is 0. The number of carbonyl (C=O) groups excluding carboxylic acids is 2. The average molecular weight is 405 g/mol. The smallest absolute Gasteiger partial charge is 0.263 e. The normalized spacial score (nSPS) is 14.6. The number of carbonyl (C=O) groups is 2. The summed E-state index contributed by atoms with van der Waals surface area (Å²) in [5, 5.41) is 16.7. The number of allylic oxidation sites excluding steroid dienone is 2.